The van der Waals surface area contributed by atoms with Crippen molar-refractivity contribution in [1.82, 2.24) is 14.9 Å². The van der Waals surface area contributed by atoms with Gasteiger partial charge in [0.1, 0.15) is 12.2 Å². The van der Waals surface area contributed by atoms with E-state index in [2.05, 4.69) is 10.3 Å². The summed E-state index contributed by atoms with van der Waals surface area (Å²) in [5.41, 5.74) is 1.74. The third kappa shape index (κ3) is 3.44. The lowest BCUT2D eigenvalue weighted by molar-refractivity contribution is -0.121. The second-order valence-electron chi connectivity index (χ2n) is 4.37. The van der Waals surface area contributed by atoms with Crippen molar-refractivity contribution in [2.24, 2.45) is 0 Å². The number of nitrogens with zero attached hydrogens (tertiary/aromatic N) is 2. The van der Waals surface area contributed by atoms with Gasteiger partial charge < -0.3 is 15.0 Å². The van der Waals surface area contributed by atoms with E-state index in [0.717, 1.165) is 11.4 Å². The molecule has 0 radical (unpaired) electrons. The van der Waals surface area contributed by atoms with Crippen LogP contribution in [-0.4, -0.2) is 26.5 Å². The van der Waals surface area contributed by atoms with Crippen LogP contribution in [0.4, 0.5) is 0 Å². The summed E-state index contributed by atoms with van der Waals surface area (Å²) in [6.45, 7) is 2.18. The molecule has 20 heavy (non-hydrogen) atoms. The van der Waals surface area contributed by atoms with E-state index in [1.165, 1.54) is 10.6 Å². The quantitative estimate of drug-likeness (QED) is 0.857. The van der Waals surface area contributed by atoms with E-state index in [0.29, 0.717) is 6.54 Å². The summed E-state index contributed by atoms with van der Waals surface area (Å²) in [6.07, 6.45) is 1.56. The van der Waals surface area contributed by atoms with Crippen molar-refractivity contribution in [3.63, 3.8) is 0 Å². The van der Waals surface area contributed by atoms with Crippen LogP contribution in [0.15, 0.2) is 36.5 Å². The lowest BCUT2D eigenvalue weighted by Crippen LogP contribution is -2.28. The second kappa shape index (κ2) is 6.01. The van der Waals surface area contributed by atoms with E-state index in [4.69, 9.17) is 5.11 Å². The minimum Gasteiger partial charge on any atom is -0.477 e. The van der Waals surface area contributed by atoms with Crippen molar-refractivity contribution >= 4 is 11.9 Å². The van der Waals surface area contributed by atoms with Crippen molar-refractivity contribution < 1.29 is 14.7 Å². The maximum atomic E-state index is 11.8. The van der Waals surface area contributed by atoms with E-state index < -0.39 is 5.97 Å². The topological polar surface area (TPSA) is 84.2 Å². The lowest BCUT2D eigenvalue weighted by Gasteiger charge is -2.08. The molecule has 0 bridgehead atoms. The summed E-state index contributed by atoms with van der Waals surface area (Å²) in [4.78, 5) is 27.0. The molecule has 0 aliphatic carbocycles. The van der Waals surface area contributed by atoms with Gasteiger partial charge in [0, 0.05) is 11.9 Å². The molecule has 2 aromatic heterocycles. The SMILES string of the molecule is Cc1cccc(CNC(=O)Cn2cccc2C(=O)O)n1. The van der Waals surface area contributed by atoms with Gasteiger partial charge >= 0.3 is 5.97 Å². The van der Waals surface area contributed by atoms with E-state index in [1.54, 1.807) is 12.3 Å². The Morgan fingerprint density at radius 1 is 1.30 bits per heavy atom. The fourth-order valence-electron chi connectivity index (χ4n) is 1.84. The molecule has 6 heteroatoms. The number of carbonyl (C=O) groups is 2. The number of hydrogen-bond donors (Lipinski definition) is 2. The first-order chi connectivity index (χ1) is 9.56. The molecule has 0 spiro atoms. The van der Waals surface area contributed by atoms with Gasteiger partial charge in [0.25, 0.3) is 0 Å². The Balaban J connectivity index is 1.93. The highest BCUT2D eigenvalue weighted by Crippen LogP contribution is 2.02. The molecule has 2 rings (SSSR count). The number of pyridine rings is 1. The van der Waals surface area contributed by atoms with Crippen molar-refractivity contribution in [2.45, 2.75) is 20.0 Å². The number of aryl methyl sites for hydroxylation is 1. The van der Waals surface area contributed by atoms with Crippen LogP contribution in [0.2, 0.25) is 0 Å². The number of amides is 1. The zero-order valence-corrected chi connectivity index (χ0v) is 11.0. The van der Waals surface area contributed by atoms with Gasteiger partial charge in [-0.2, -0.15) is 0 Å². The fourth-order valence-corrected chi connectivity index (χ4v) is 1.84. The molecule has 0 atom stereocenters. The summed E-state index contributed by atoms with van der Waals surface area (Å²) in [5.74, 6) is -1.31. The summed E-state index contributed by atoms with van der Waals surface area (Å²) >= 11 is 0. The molecule has 0 unspecified atom stereocenters. The van der Waals surface area contributed by atoms with Crippen LogP contribution in [-0.2, 0) is 17.9 Å². The molecular weight excluding hydrogens is 258 g/mol. The normalized spacial score (nSPS) is 10.2. The van der Waals surface area contributed by atoms with Crippen LogP contribution < -0.4 is 5.32 Å². The lowest BCUT2D eigenvalue weighted by atomic mass is 10.3. The number of hydrogen-bond acceptors (Lipinski definition) is 3. The van der Waals surface area contributed by atoms with Crippen LogP contribution in [0.25, 0.3) is 0 Å². The van der Waals surface area contributed by atoms with Gasteiger partial charge in [0.2, 0.25) is 5.91 Å². The fraction of sp³-hybridized carbons (Fsp3) is 0.214. The number of aromatic nitrogens is 2. The smallest absolute Gasteiger partial charge is 0.352 e. The van der Waals surface area contributed by atoms with E-state index in [1.807, 2.05) is 25.1 Å². The average Bonchev–Trinajstić information content (AvgIpc) is 2.85. The Kier molecular flexibility index (Phi) is 4.14. The average molecular weight is 273 g/mol. The molecule has 6 nitrogen and oxygen atoms in total. The van der Waals surface area contributed by atoms with E-state index in [-0.39, 0.29) is 18.1 Å². The summed E-state index contributed by atoms with van der Waals surface area (Å²) in [6, 6.07) is 8.63. The number of aromatic carboxylic acids is 1. The van der Waals surface area contributed by atoms with Crippen molar-refractivity contribution in [1.29, 1.82) is 0 Å². The van der Waals surface area contributed by atoms with Crippen molar-refractivity contribution in [3.05, 3.63) is 53.6 Å². The Morgan fingerprint density at radius 3 is 2.80 bits per heavy atom. The number of nitrogens with one attached hydrogen (secondary N) is 1. The predicted octanol–water partition coefficient (Wildman–Crippen LogP) is 1.21. The third-order valence-corrected chi connectivity index (χ3v) is 2.78. The predicted molar refractivity (Wildman–Crippen MR) is 72.2 cm³/mol. The number of carboxylic acid groups (broad SMARTS) is 1. The first-order valence-corrected chi connectivity index (χ1v) is 6.14. The number of carbonyl (C=O) groups excluding carboxylic acids is 1. The number of carboxylic acids is 1. The maximum absolute atomic E-state index is 11.8. The highest BCUT2D eigenvalue weighted by atomic mass is 16.4. The molecule has 1 amide bonds. The Morgan fingerprint density at radius 2 is 2.10 bits per heavy atom. The molecule has 0 aliphatic rings. The van der Waals surface area contributed by atoms with Gasteiger partial charge in [-0.3, -0.25) is 9.78 Å². The zero-order chi connectivity index (χ0) is 14.5. The van der Waals surface area contributed by atoms with Crippen LogP contribution >= 0.6 is 0 Å². The van der Waals surface area contributed by atoms with Gasteiger partial charge in [-0.1, -0.05) is 6.07 Å². The third-order valence-electron chi connectivity index (χ3n) is 2.78. The minimum absolute atomic E-state index is 0.0273. The van der Waals surface area contributed by atoms with Crippen molar-refractivity contribution in [3.8, 4) is 0 Å². The molecule has 2 N–H and O–H groups in total. The largest absolute Gasteiger partial charge is 0.477 e. The second-order valence-corrected chi connectivity index (χ2v) is 4.37. The Bertz CT molecular complexity index is 634. The Hall–Kier alpha value is -2.63. The molecule has 0 saturated carbocycles. The minimum atomic E-state index is -1.05. The van der Waals surface area contributed by atoms with E-state index in [9.17, 15) is 9.59 Å². The van der Waals surface area contributed by atoms with Crippen LogP contribution in [0.3, 0.4) is 0 Å². The highest BCUT2D eigenvalue weighted by Gasteiger charge is 2.11. The molecular formula is C14H15N3O3. The van der Waals surface area contributed by atoms with Gasteiger partial charge in [-0.25, -0.2) is 4.79 Å². The van der Waals surface area contributed by atoms with Crippen LogP contribution in [0, 0.1) is 6.92 Å². The monoisotopic (exact) mass is 273 g/mol. The summed E-state index contributed by atoms with van der Waals surface area (Å²) in [7, 11) is 0. The first kappa shape index (κ1) is 13.8. The molecule has 0 aliphatic heterocycles. The van der Waals surface area contributed by atoms with Crippen molar-refractivity contribution in [2.75, 3.05) is 0 Å². The van der Waals surface area contributed by atoms with Crippen LogP contribution in [0.1, 0.15) is 21.9 Å². The highest BCUT2D eigenvalue weighted by molar-refractivity contribution is 5.86. The standard InChI is InChI=1S/C14H15N3O3/c1-10-4-2-5-11(16-10)8-15-13(18)9-17-7-3-6-12(17)14(19)20/h2-7H,8-9H2,1H3,(H,15,18)(H,19,20). The molecule has 0 fully saturated rings. The molecule has 104 valence electrons. The zero-order valence-electron chi connectivity index (χ0n) is 11.0. The summed E-state index contributed by atoms with van der Waals surface area (Å²) < 4.78 is 1.39. The Labute approximate surface area is 116 Å². The van der Waals surface area contributed by atoms with Gasteiger partial charge in [0.15, 0.2) is 0 Å². The van der Waals surface area contributed by atoms with Gasteiger partial charge in [-0.15, -0.1) is 0 Å². The van der Waals surface area contributed by atoms with Crippen LogP contribution in [0.5, 0.6) is 0 Å². The number of rotatable bonds is 5. The molecule has 2 heterocycles. The maximum Gasteiger partial charge on any atom is 0.352 e. The molecule has 0 saturated heterocycles. The van der Waals surface area contributed by atoms with Gasteiger partial charge in [-0.05, 0) is 31.2 Å². The molecule has 0 aromatic carbocycles. The molecule has 2 aromatic rings. The van der Waals surface area contributed by atoms with E-state index >= 15 is 0 Å². The summed E-state index contributed by atoms with van der Waals surface area (Å²) in [5, 5.41) is 11.7. The van der Waals surface area contributed by atoms with Gasteiger partial charge in [0.05, 0.1) is 12.2 Å². The first-order valence-electron chi connectivity index (χ1n) is 6.14.